The van der Waals surface area contributed by atoms with E-state index >= 15 is 0 Å². The molecule has 0 aliphatic carbocycles. The van der Waals surface area contributed by atoms with E-state index in [4.69, 9.17) is 4.74 Å². The Morgan fingerprint density at radius 3 is 2.47 bits per heavy atom. The molecule has 0 spiro atoms. The number of carbonyl (C=O) groups excluding carboxylic acids is 2. The molecule has 6 nitrogen and oxygen atoms in total. The highest BCUT2D eigenvalue weighted by molar-refractivity contribution is 5.94. The van der Waals surface area contributed by atoms with Gasteiger partial charge in [-0.1, -0.05) is 24.3 Å². The molecule has 3 aromatic rings. The molecule has 2 aromatic carbocycles. The lowest BCUT2D eigenvalue weighted by molar-refractivity contribution is -0.274. The molecule has 154 valence electrons. The van der Waals surface area contributed by atoms with E-state index in [1.54, 1.807) is 6.07 Å². The summed E-state index contributed by atoms with van der Waals surface area (Å²) in [5.74, 6) is -1.81. The van der Waals surface area contributed by atoms with Crippen LogP contribution in [-0.2, 0) is 14.3 Å². The lowest BCUT2D eigenvalue weighted by Crippen LogP contribution is -2.20. The molecular formula is C21H15F3N2O4. The number of rotatable bonds is 6. The second-order valence-electron chi connectivity index (χ2n) is 5.99. The summed E-state index contributed by atoms with van der Waals surface area (Å²) in [5, 5.41) is 3.36. The zero-order valence-corrected chi connectivity index (χ0v) is 15.3. The second kappa shape index (κ2) is 9.08. The fourth-order valence-corrected chi connectivity index (χ4v) is 2.45. The second-order valence-corrected chi connectivity index (χ2v) is 5.99. The van der Waals surface area contributed by atoms with Crippen molar-refractivity contribution in [1.82, 2.24) is 4.98 Å². The summed E-state index contributed by atoms with van der Waals surface area (Å²) in [4.78, 5) is 28.0. The van der Waals surface area contributed by atoms with Gasteiger partial charge in [-0.05, 0) is 42.5 Å². The molecule has 0 aliphatic rings. The van der Waals surface area contributed by atoms with E-state index in [-0.39, 0.29) is 5.69 Å². The molecule has 1 aromatic heterocycles. The predicted octanol–water partition coefficient (Wildman–Crippen LogP) is 4.33. The molecule has 0 bridgehead atoms. The number of para-hydroxylation sites is 1. The summed E-state index contributed by atoms with van der Waals surface area (Å²) in [7, 11) is 0. The number of esters is 1. The van der Waals surface area contributed by atoms with E-state index in [0.29, 0.717) is 5.69 Å². The summed E-state index contributed by atoms with van der Waals surface area (Å²) in [5.41, 5.74) is 1.55. The van der Waals surface area contributed by atoms with Crippen LogP contribution in [0, 0.1) is 0 Å². The molecule has 0 saturated heterocycles. The van der Waals surface area contributed by atoms with E-state index in [9.17, 15) is 22.8 Å². The number of ether oxygens (including phenoxy) is 2. The number of amides is 1. The number of aromatic nitrogens is 1. The molecule has 0 radical (unpaired) electrons. The number of halogens is 3. The van der Waals surface area contributed by atoms with E-state index in [0.717, 1.165) is 29.1 Å². The monoisotopic (exact) mass is 416 g/mol. The maximum atomic E-state index is 12.1. The van der Waals surface area contributed by atoms with Gasteiger partial charge in [0.1, 0.15) is 5.75 Å². The molecule has 1 heterocycles. The molecule has 0 unspecified atom stereocenters. The Hall–Kier alpha value is -3.88. The maximum Gasteiger partial charge on any atom is 0.573 e. The fourth-order valence-electron chi connectivity index (χ4n) is 2.45. The van der Waals surface area contributed by atoms with Gasteiger partial charge in [0.25, 0.3) is 5.91 Å². The molecule has 1 N–H and O–H groups in total. The maximum absolute atomic E-state index is 12.1. The standard InChI is InChI=1S/C21H15F3N2O4/c22-21(23,24)30-17-10-7-16(8-11-17)26-19(27)13-29-20(28)12-9-15-6-5-14-3-1-2-4-18(14)25-15/h1-12H,13H2,(H,26,27). The number of fused-ring (bicyclic) bond motifs is 1. The SMILES string of the molecule is O=C(COC(=O)C=Cc1ccc2ccccc2n1)Nc1ccc(OC(F)(F)F)cc1. The van der Waals surface area contributed by atoms with Crippen LogP contribution in [0.2, 0.25) is 0 Å². The number of nitrogens with one attached hydrogen (secondary N) is 1. The Morgan fingerprint density at radius 1 is 1.00 bits per heavy atom. The number of pyridine rings is 1. The van der Waals surface area contributed by atoms with Gasteiger partial charge in [0, 0.05) is 17.1 Å². The van der Waals surface area contributed by atoms with Crippen LogP contribution in [0.15, 0.2) is 66.7 Å². The van der Waals surface area contributed by atoms with Gasteiger partial charge in [-0.2, -0.15) is 0 Å². The lowest BCUT2D eigenvalue weighted by Gasteiger charge is -2.10. The van der Waals surface area contributed by atoms with Crippen molar-refractivity contribution in [1.29, 1.82) is 0 Å². The molecule has 0 fully saturated rings. The highest BCUT2D eigenvalue weighted by Crippen LogP contribution is 2.23. The molecule has 1 amide bonds. The molecule has 0 atom stereocenters. The number of carbonyl (C=O) groups is 2. The van der Waals surface area contributed by atoms with Gasteiger partial charge in [-0.15, -0.1) is 13.2 Å². The molecule has 30 heavy (non-hydrogen) atoms. The van der Waals surface area contributed by atoms with E-state index in [1.165, 1.54) is 18.2 Å². The first kappa shape index (κ1) is 20.8. The Bertz CT molecular complexity index is 1080. The van der Waals surface area contributed by atoms with Gasteiger partial charge in [0.2, 0.25) is 0 Å². The van der Waals surface area contributed by atoms with Crippen molar-refractivity contribution >= 4 is 34.5 Å². The van der Waals surface area contributed by atoms with Crippen LogP contribution in [0.1, 0.15) is 5.69 Å². The Kier molecular flexibility index (Phi) is 6.31. The highest BCUT2D eigenvalue weighted by Gasteiger charge is 2.30. The summed E-state index contributed by atoms with van der Waals surface area (Å²) < 4.78 is 44.9. The van der Waals surface area contributed by atoms with Gasteiger partial charge in [0.15, 0.2) is 6.61 Å². The first-order chi connectivity index (χ1) is 14.3. The molecular weight excluding hydrogens is 401 g/mol. The highest BCUT2D eigenvalue weighted by atomic mass is 19.4. The molecule has 0 saturated carbocycles. The third-order valence-electron chi connectivity index (χ3n) is 3.73. The van der Waals surface area contributed by atoms with Crippen LogP contribution in [0.25, 0.3) is 17.0 Å². The van der Waals surface area contributed by atoms with Crippen LogP contribution in [-0.4, -0.2) is 29.8 Å². The van der Waals surface area contributed by atoms with Crippen LogP contribution >= 0.6 is 0 Å². The van der Waals surface area contributed by atoms with E-state index < -0.39 is 30.6 Å². The number of hydrogen-bond donors (Lipinski definition) is 1. The first-order valence-electron chi connectivity index (χ1n) is 8.65. The van der Waals surface area contributed by atoms with Crippen molar-refractivity contribution in [3.05, 3.63) is 72.4 Å². The van der Waals surface area contributed by atoms with Crippen molar-refractivity contribution in [3.63, 3.8) is 0 Å². The van der Waals surface area contributed by atoms with Crippen molar-refractivity contribution < 1.29 is 32.2 Å². The van der Waals surface area contributed by atoms with Crippen LogP contribution < -0.4 is 10.1 Å². The average Bonchev–Trinajstić information content (AvgIpc) is 2.71. The predicted molar refractivity (Wildman–Crippen MR) is 103 cm³/mol. The Balaban J connectivity index is 1.47. The molecule has 0 aliphatic heterocycles. The summed E-state index contributed by atoms with van der Waals surface area (Å²) >= 11 is 0. The molecule has 3 rings (SSSR count). The molecule has 9 heteroatoms. The minimum absolute atomic E-state index is 0.224. The number of benzene rings is 2. The van der Waals surface area contributed by atoms with E-state index in [1.807, 2.05) is 30.3 Å². The third-order valence-corrected chi connectivity index (χ3v) is 3.73. The van der Waals surface area contributed by atoms with Crippen LogP contribution in [0.5, 0.6) is 5.75 Å². The van der Waals surface area contributed by atoms with Crippen molar-refractivity contribution in [2.45, 2.75) is 6.36 Å². The zero-order valence-electron chi connectivity index (χ0n) is 15.3. The summed E-state index contributed by atoms with van der Waals surface area (Å²) in [6, 6.07) is 15.7. The van der Waals surface area contributed by atoms with Crippen molar-refractivity contribution in [3.8, 4) is 5.75 Å². The van der Waals surface area contributed by atoms with Crippen LogP contribution in [0.4, 0.5) is 18.9 Å². The fraction of sp³-hybridized carbons (Fsp3) is 0.0952. The van der Waals surface area contributed by atoms with Gasteiger partial charge in [0.05, 0.1) is 11.2 Å². The normalized spacial score (nSPS) is 11.4. The number of hydrogen-bond acceptors (Lipinski definition) is 5. The van der Waals surface area contributed by atoms with E-state index in [2.05, 4.69) is 15.0 Å². The quantitative estimate of drug-likeness (QED) is 0.478. The largest absolute Gasteiger partial charge is 0.573 e. The minimum atomic E-state index is -4.80. The van der Waals surface area contributed by atoms with Gasteiger partial charge in [-0.25, -0.2) is 9.78 Å². The van der Waals surface area contributed by atoms with Gasteiger partial charge in [-0.3, -0.25) is 4.79 Å². The average molecular weight is 416 g/mol. The lowest BCUT2D eigenvalue weighted by atomic mass is 10.2. The first-order valence-corrected chi connectivity index (χ1v) is 8.65. The number of anilines is 1. The summed E-state index contributed by atoms with van der Waals surface area (Å²) in [6.07, 6.45) is -2.19. The summed E-state index contributed by atoms with van der Waals surface area (Å²) in [6.45, 7) is -0.560. The van der Waals surface area contributed by atoms with Crippen molar-refractivity contribution in [2.75, 3.05) is 11.9 Å². The minimum Gasteiger partial charge on any atom is -0.452 e. The number of alkyl halides is 3. The number of nitrogens with zero attached hydrogens (tertiary/aromatic N) is 1. The zero-order chi connectivity index (χ0) is 21.6. The Morgan fingerprint density at radius 2 is 1.73 bits per heavy atom. The van der Waals surface area contributed by atoms with Gasteiger partial charge < -0.3 is 14.8 Å². The van der Waals surface area contributed by atoms with Crippen molar-refractivity contribution in [2.24, 2.45) is 0 Å². The Labute approximate surface area is 168 Å². The smallest absolute Gasteiger partial charge is 0.452 e. The third kappa shape index (κ3) is 6.33. The topological polar surface area (TPSA) is 77.5 Å². The van der Waals surface area contributed by atoms with Gasteiger partial charge >= 0.3 is 12.3 Å². The van der Waals surface area contributed by atoms with Crippen LogP contribution in [0.3, 0.4) is 0 Å².